The second-order valence-corrected chi connectivity index (χ2v) is 13.9. The summed E-state index contributed by atoms with van der Waals surface area (Å²) in [4.78, 5) is 43.1. The summed E-state index contributed by atoms with van der Waals surface area (Å²) < 4.78 is 12.5. The van der Waals surface area contributed by atoms with Crippen LogP contribution in [0, 0.1) is 45.8 Å². The van der Waals surface area contributed by atoms with Crippen molar-refractivity contribution in [3.8, 4) is 0 Å². The number of ether oxygens (including phenoxy) is 2. The Labute approximate surface area is 213 Å². The first kappa shape index (κ1) is 23.2. The van der Waals surface area contributed by atoms with Crippen LogP contribution >= 0.6 is 0 Å². The molecule has 7 rings (SSSR count). The lowest BCUT2D eigenvalue weighted by molar-refractivity contribution is -0.200. The molecule has 0 aromatic rings. The van der Waals surface area contributed by atoms with Gasteiger partial charge in [-0.15, -0.1) is 0 Å². The Morgan fingerprint density at radius 2 is 1.89 bits per heavy atom. The van der Waals surface area contributed by atoms with Gasteiger partial charge in [0.05, 0.1) is 19.1 Å². The lowest BCUT2D eigenvalue weighted by Gasteiger charge is -2.67. The van der Waals surface area contributed by atoms with Gasteiger partial charge in [0, 0.05) is 46.2 Å². The number of nitrogens with zero attached hydrogens (tertiary/aromatic N) is 1. The number of carbonyl (C=O) groups excluding carboxylic acids is 3. The van der Waals surface area contributed by atoms with Gasteiger partial charge in [-0.2, -0.15) is 0 Å². The van der Waals surface area contributed by atoms with E-state index in [1.165, 1.54) is 5.70 Å². The van der Waals surface area contributed by atoms with E-state index in [0.717, 1.165) is 44.2 Å². The van der Waals surface area contributed by atoms with Crippen molar-refractivity contribution in [2.24, 2.45) is 45.8 Å². The second kappa shape index (κ2) is 6.92. The van der Waals surface area contributed by atoms with Crippen LogP contribution in [-0.4, -0.2) is 47.4 Å². The number of ketones is 2. The van der Waals surface area contributed by atoms with Crippen molar-refractivity contribution in [3.63, 3.8) is 0 Å². The summed E-state index contributed by atoms with van der Waals surface area (Å²) in [6.07, 6.45) is 9.38. The maximum atomic E-state index is 14.4. The average molecular weight is 494 g/mol. The summed E-state index contributed by atoms with van der Waals surface area (Å²) in [7, 11) is 0. The van der Waals surface area contributed by atoms with Crippen LogP contribution in [-0.2, 0) is 23.9 Å². The monoisotopic (exact) mass is 493 g/mol. The Balaban J connectivity index is 1.47. The summed E-state index contributed by atoms with van der Waals surface area (Å²) >= 11 is 0. The zero-order valence-corrected chi connectivity index (χ0v) is 22.3. The second-order valence-electron chi connectivity index (χ2n) is 13.9. The van der Waals surface area contributed by atoms with E-state index in [1.54, 1.807) is 6.08 Å². The Bertz CT molecular complexity index is 1160. The number of rotatable bonds is 0. The molecule has 0 radical (unpaired) electrons. The first-order chi connectivity index (χ1) is 16.9. The van der Waals surface area contributed by atoms with Gasteiger partial charge in [-0.3, -0.25) is 14.4 Å². The van der Waals surface area contributed by atoms with Crippen LogP contribution in [0.1, 0.15) is 73.1 Å². The van der Waals surface area contributed by atoms with E-state index < -0.39 is 10.8 Å². The van der Waals surface area contributed by atoms with Gasteiger partial charge in [-0.1, -0.05) is 39.3 Å². The molecular formula is C30H39NO5. The number of fused-ring (bicyclic) bond motifs is 8. The molecule has 6 heteroatoms. The van der Waals surface area contributed by atoms with E-state index in [2.05, 4.69) is 31.7 Å². The maximum Gasteiger partial charge on any atom is 0.306 e. The van der Waals surface area contributed by atoms with Gasteiger partial charge in [-0.25, -0.2) is 0 Å². The van der Waals surface area contributed by atoms with Crippen molar-refractivity contribution in [1.29, 1.82) is 0 Å². The smallest absolute Gasteiger partial charge is 0.306 e. The van der Waals surface area contributed by atoms with Gasteiger partial charge in [0.15, 0.2) is 5.78 Å². The number of cyclic esters (lactones) is 1. The lowest BCUT2D eigenvalue weighted by atomic mass is 9.37. The fourth-order valence-electron chi connectivity index (χ4n) is 10.4. The van der Waals surface area contributed by atoms with Gasteiger partial charge in [0.2, 0.25) is 0 Å². The van der Waals surface area contributed by atoms with Crippen molar-refractivity contribution >= 4 is 17.5 Å². The molecule has 2 bridgehead atoms. The summed E-state index contributed by atoms with van der Waals surface area (Å²) in [6.45, 7) is 12.0. The number of esters is 1. The molecule has 7 aliphatic rings. The van der Waals surface area contributed by atoms with Crippen LogP contribution in [0.15, 0.2) is 23.4 Å². The van der Waals surface area contributed by atoms with Crippen molar-refractivity contribution in [3.05, 3.63) is 23.4 Å². The Morgan fingerprint density at radius 1 is 1.11 bits per heavy atom. The Morgan fingerprint density at radius 3 is 2.61 bits per heavy atom. The molecule has 0 aromatic heterocycles. The normalized spacial score (nSPS) is 53.2. The van der Waals surface area contributed by atoms with Crippen LogP contribution in [0.2, 0.25) is 0 Å². The highest BCUT2D eigenvalue weighted by Crippen LogP contribution is 2.73. The maximum absolute atomic E-state index is 14.4. The summed E-state index contributed by atoms with van der Waals surface area (Å²) in [5, 5.41) is 0. The quantitative estimate of drug-likeness (QED) is 0.465. The number of Topliss-reactive ketones (excluding diaryl/α,β-unsaturated/α-hetero) is 1. The standard InChI is InChI=1S/C30H39NO5/c1-16-9-20-24(21(32)10-16)18(3)25(34)26-27(20,4)12-22-28(5,29(26)13-23(33)35-15-29)6-7-30-11-17(2)8-19(36-30)14-31(22)30/h10,12,17-20,24,26H,6-9,11,13-15H2,1-5H3/t17-,18+,19+,20?,24-,26?,27-,28+,29+,30-/m0/s1. The Hall–Kier alpha value is -1.95. The number of carbonyl (C=O) groups is 3. The molecule has 0 N–H and O–H groups in total. The fraction of sp³-hybridized carbons (Fsp3) is 0.767. The summed E-state index contributed by atoms with van der Waals surface area (Å²) in [5.41, 5.74) is 0.583. The van der Waals surface area contributed by atoms with Gasteiger partial charge < -0.3 is 14.4 Å². The van der Waals surface area contributed by atoms with Gasteiger partial charge >= 0.3 is 5.97 Å². The largest absolute Gasteiger partial charge is 0.465 e. The van der Waals surface area contributed by atoms with E-state index in [1.807, 2.05) is 13.8 Å². The molecule has 36 heavy (non-hydrogen) atoms. The lowest BCUT2D eigenvalue weighted by Crippen LogP contribution is -2.69. The zero-order valence-electron chi connectivity index (χ0n) is 22.3. The minimum absolute atomic E-state index is 0.0389. The molecule has 3 aliphatic carbocycles. The van der Waals surface area contributed by atoms with Crippen molar-refractivity contribution in [2.75, 3.05) is 13.2 Å². The van der Waals surface area contributed by atoms with Crippen LogP contribution in [0.3, 0.4) is 0 Å². The first-order valence-electron chi connectivity index (χ1n) is 14.0. The predicted molar refractivity (Wildman–Crippen MR) is 132 cm³/mol. The minimum Gasteiger partial charge on any atom is -0.465 e. The van der Waals surface area contributed by atoms with E-state index in [4.69, 9.17) is 9.47 Å². The molecule has 4 heterocycles. The molecule has 0 amide bonds. The molecular weight excluding hydrogens is 454 g/mol. The van der Waals surface area contributed by atoms with E-state index >= 15 is 0 Å². The van der Waals surface area contributed by atoms with E-state index in [9.17, 15) is 14.4 Å². The predicted octanol–water partition coefficient (Wildman–Crippen LogP) is 4.44. The molecule has 6 nitrogen and oxygen atoms in total. The summed E-state index contributed by atoms with van der Waals surface area (Å²) in [5.74, 6) is -0.275. The summed E-state index contributed by atoms with van der Waals surface area (Å²) in [6, 6.07) is 0. The fourth-order valence-corrected chi connectivity index (χ4v) is 10.4. The molecule has 194 valence electrons. The molecule has 2 unspecified atom stereocenters. The molecule has 5 fully saturated rings. The zero-order chi connectivity index (χ0) is 25.4. The van der Waals surface area contributed by atoms with Crippen LogP contribution in [0.4, 0.5) is 0 Å². The van der Waals surface area contributed by atoms with Gasteiger partial charge in [-0.05, 0) is 56.9 Å². The highest BCUT2D eigenvalue weighted by molar-refractivity contribution is 6.00. The molecule has 4 saturated heterocycles. The van der Waals surface area contributed by atoms with Gasteiger partial charge in [0.1, 0.15) is 11.5 Å². The van der Waals surface area contributed by atoms with Crippen molar-refractivity contribution < 1.29 is 23.9 Å². The van der Waals surface area contributed by atoms with E-state index in [-0.39, 0.29) is 64.9 Å². The molecule has 10 atom stereocenters. The number of allylic oxidation sites excluding steroid dienone is 4. The van der Waals surface area contributed by atoms with Crippen molar-refractivity contribution in [2.45, 2.75) is 85.0 Å². The number of hydrogen-bond acceptors (Lipinski definition) is 6. The third kappa shape index (κ3) is 2.55. The van der Waals surface area contributed by atoms with Crippen LogP contribution in [0.5, 0.6) is 0 Å². The molecule has 2 spiro atoms. The van der Waals surface area contributed by atoms with Gasteiger partial charge in [0.25, 0.3) is 0 Å². The molecule has 4 aliphatic heterocycles. The SMILES string of the molecule is CC1=CC(=O)[C@@H]2C(C1)[C@]1(C)C=C3N4C[C@H]5C[C@H](C)C[C@]4(CC[C@@]3(C)[C@]3(COC(=O)C3)C1C(=O)[C@@H]2C)O5. The van der Waals surface area contributed by atoms with Crippen LogP contribution < -0.4 is 0 Å². The topological polar surface area (TPSA) is 72.9 Å². The third-order valence-corrected chi connectivity index (χ3v) is 11.9. The minimum atomic E-state index is -0.596. The third-order valence-electron chi connectivity index (χ3n) is 11.9. The van der Waals surface area contributed by atoms with E-state index in [0.29, 0.717) is 12.5 Å². The number of piperidine rings is 1. The highest BCUT2D eigenvalue weighted by atomic mass is 16.5. The molecule has 0 aromatic carbocycles. The highest BCUT2D eigenvalue weighted by Gasteiger charge is 2.74. The molecule has 1 saturated carbocycles. The van der Waals surface area contributed by atoms with Crippen molar-refractivity contribution in [1.82, 2.24) is 4.90 Å². The van der Waals surface area contributed by atoms with Crippen LogP contribution in [0.25, 0.3) is 0 Å². The number of hydrogen-bond donors (Lipinski definition) is 0. The Kier molecular flexibility index (Phi) is 4.46. The average Bonchev–Trinajstić information content (AvgIpc) is 3.31. The first-order valence-corrected chi connectivity index (χ1v) is 14.0.